The SMILES string of the molecule is CN(C)c1ccc([C@H]2C[C@@]3(C)[C@@H](CC[C@@]3(O)C#CC3CC3)[C@@H]3CCC4=CC(O)CCC4=C32)c(F)c1F. The maximum Gasteiger partial charge on any atom is 0.182 e. The van der Waals surface area contributed by atoms with Crippen molar-refractivity contribution in [3.05, 3.63) is 52.1 Å². The molecule has 0 heterocycles. The molecule has 3 fully saturated rings. The highest BCUT2D eigenvalue weighted by Gasteiger charge is 2.63. The smallest absolute Gasteiger partial charge is 0.182 e. The fourth-order valence-corrected chi connectivity index (χ4v) is 7.89. The molecule has 5 aliphatic carbocycles. The third-order valence-corrected chi connectivity index (χ3v) is 10.0. The van der Waals surface area contributed by atoms with Gasteiger partial charge in [-0.3, -0.25) is 0 Å². The highest BCUT2D eigenvalue weighted by Crippen LogP contribution is 2.67. The standard InChI is InChI=1S/C31H37F2NO2/c1-30-17-24(22-10-11-26(34(2)3)29(33)28(22)32)27-21-9-7-20(35)16-19(21)6-8-23(27)25(30)13-15-31(30,36)14-12-18-4-5-18/h10-11,16,18,20,23-25,35-36H,4-9,13,15,17H2,1-3H3/t20?,23-,24+,25-,30-,31-/m0/s1. The number of rotatable bonds is 2. The largest absolute Gasteiger partial charge is 0.389 e. The zero-order chi connectivity index (χ0) is 25.4. The van der Waals surface area contributed by atoms with Gasteiger partial charge in [0.05, 0.1) is 11.8 Å². The fourth-order valence-electron chi connectivity index (χ4n) is 7.89. The molecule has 36 heavy (non-hydrogen) atoms. The molecule has 6 atom stereocenters. The molecule has 0 saturated heterocycles. The number of anilines is 1. The summed E-state index contributed by atoms with van der Waals surface area (Å²) in [4.78, 5) is 1.60. The zero-order valence-corrected chi connectivity index (χ0v) is 21.6. The van der Waals surface area contributed by atoms with Crippen molar-refractivity contribution in [1.82, 2.24) is 0 Å². The summed E-state index contributed by atoms with van der Waals surface area (Å²) in [6.07, 6.45) is 9.08. The molecular formula is C31H37F2NO2. The molecule has 1 aromatic rings. The molecule has 6 rings (SSSR count). The summed E-state index contributed by atoms with van der Waals surface area (Å²) in [5.41, 5.74) is 2.70. The molecule has 1 aromatic carbocycles. The topological polar surface area (TPSA) is 43.7 Å². The van der Waals surface area contributed by atoms with Crippen LogP contribution in [0.1, 0.15) is 76.2 Å². The van der Waals surface area contributed by atoms with E-state index in [2.05, 4.69) is 18.8 Å². The third-order valence-electron chi connectivity index (χ3n) is 10.0. The number of fused-ring (bicyclic) bond motifs is 4. The summed E-state index contributed by atoms with van der Waals surface area (Å²) in [5.74, 6) is 5.60. The summed E-state index contributed by atoms with van der Waals surface area (Å²) in [5, 5.41) is 22.3. The van der Waals surface area contributed by atoms with E-state index in [0.29, 0.717) is 30.7 Å². The minimum absolute atomic E-state index is 0.212. The van der Waals surface area contributed by atoms with Gasteiger partial charge in [0.15, 0.2) is 11.6 Å². The van der Waals surface area contributed by atoms with Gasteiger partial charge in [0.2, 0.25) is 0 Å². The molecule has 0 radical (unpaired) electrons. The number of allylic oxidation sites excluding steroid dienone is 3. The molecule has 0 aliphatic heterocycles. The molecule has 5 heteroatoms. The molecule has 2 N–H and O–H groups in total. The van der Waals surface area contributed by atoms with Crippen molar-refractivity contribution in [2.75, 3.05) is 19.0 Å². The number of aliphatic hydroxyl groups excluding tert-OH is 1. The number of nitrogens with zero attached hydrogens (tertiary/aromatic N) is 1. The molecule has 0 aromatic heterocycles. The Morgan fingerprint density at radius 3 is 2.53 bits per heavy atom. The van der Waals surface area contributed by atoms with Crippen LogP contribution in [-0.4, -0.2) is 36.0 Å². The second-order valence-electron chi connectivity index (χ2n) is 12.3. The Labute approximate surface area is 213 Å². The lowest BCUT2D eigenvalue weighted by molar-refractivity contribution is -0.0517. The van der Waals surface area contributed by atoms with Crippen LogP contribution in [0.15, 0.2) is 34.9 Å². The van der Waals surface area contributed by atoms with Crippen LogP contribution < -0.4 is 4.90 Å². The van der Waals surface area contributed by atoms with Crippen LogP contribution in [0.2, 0.25) is 0 Å². The van der Waals surface area contributed by atoms with Crippen molar-refractivity contribution in [1.29, 1.82) is 0 Å². The van der Waals surface area contributed by atoms with Crippen molar-refractivity contribution in [2.45, 2.75) is 82.3 Å². The number of aliphatic hydroxyl groups is 2. The van der Waals surface area contributed by atoms with Crippen LogP contribution in [0.5, 0.6) is 0 Å². The fraction of sp³-hybridized carbons (Fsp3) is 0.613. The quantitative estimate of drug-likeness (QED) is 0.507. The average molecular weight is 494 g/mol. The van der Waals surface area contributed by atoms with Crippen molar-refractivity contribution in [3.63, 3.8) is 0 Å². The second-order valence-corrected chi connectivity index (χ2v) is 12.3. The van der Waals surface area contributed by atoms with E-state index in [1.54, 1.807) is 31.1 Å². The predicted molar refractivity (Wildman–Crippen MR) is 137 cm³/mol. The molecule has 0 bridgehead atoms. The van der Waals surface area contributed by atoms with Crippen molar-refractivity contribution in [3.8, 4) is 11.8 Å². The molecule has 192 valence electrons. The highest BCUT2D eigenvalue weighted by atomic mass is 19.2. The molecule has 3 nitrogen and oxygen atoms in total. The first-order valence-corrected chi connectivity index (χ1v) is 13.7. The number of halogens is 2. The van der Waals surface area contributed by atoms with E-state index in [0.717, 1.165) is 38.5 Å². The van der Waals surface area contributed by atoms with Crippen LogP contribution in [0.4, 0.5) is 14.5 Å². The lowest BCUT2D eigenvalue weighted by Gasteiger charge is -2.54. The number of hydrogen-bond donors (Lipinski definition) is 2. The van der Waals surface area contributed by atoms with Gasteiger partial charge in [0, 0.05) is 31.3 Å². The Bertz CT molecular complexity index is 1220. The van der Waals surface area contributed by atoms with Gasteiger partial charge in [0.25, 0.3) is 0 Å². The first-order valence-electron chi connectivity index (χ1n) is 13.7. The molecule has 1 unspecified atom stereocenters. The Morgan fingerprint density at radius 1 is 1.03 bits per heavy atom. The van der Waals surface area contributed by atoms with Crippen molar-refractivity contribution in [2.24, 2.45) is 23.2 Å². The van der Waals surface area contributed by atoms with Gasteiger partial charge in [-0.2, -0.15) is 0 Å². The molecule has 5 aliphatic rings. The Kier molecular flexibility index (Phi) is 5.67. The first-order chi connectivity index (χ1) is 17.1. The highest BCUT2D eigenvalue weighted by molar-refractivity contribution is 5.54. The van der Waals surface area contributed by atoms with E-state index >= 15 is 8.78 Å². The Morgan fingerprint density at radius 2 is 1.81 bits per heavy atom. The predicted octanol–water partition coefficient (Wildman–Crippen LogP) is 5.87. The van der Waals surface area contributed by atoms with Gasteiger partial charge >= 0.3 is 0 Å². The minimum atomic E-state index is -1.10. The van der Waals surface area contributed by atoms with E-state index < -0.39 is 28.8 Å². The van der Waals surface area contributed by atoms with E-state index in [1.807, 2.05) is 6.08 Å². The van der Waals surface area contributed by atoms with E-state index in [4.69, 9.17) is 0 Å². The zero-order valence-electron chi connectivity index (χ0n) is 21.6. The maximum absolute atomic E-state index is 15.8. The summed E-state index contributed by atoms with van der Waals surface area (Å²) < 4.78 is 31.1. The van der Waals surface area contributed by atoms with Gasteiger partial charge in [-0.25, -0.2) is 8.78 Å². The summed E-state index contributed by atoms with van der Waals surface area (Å²) in [6, 6.07) is 3.44. The second kappa shape index (κ2) is 8.43. The maximum atomic E-state index is 15.8. The van der Waals surface area contributed by atoms with Crippen molar-refractivity contribution < 1.29 is 19.0 Å². The molecule has 3 saturated carbocycles. The van der Waals surface area contributed by atoms with Crippen LogP contribution in [0.25, 0.3) is 0 Å². The van der Waals surface area contributed by atoms with Crippen LogP contribution in [-0.2, 0) is 0 Å². The summed E-state index contributed by atoms with van der Waals surface area (Å²) in [7, 11) is 3.43. The van der Waals surface area contributed by atoms with Crippen LogP contribution >= 0.6 is 0 Å². The lowest BCUT2D eigenvalue weighted by Crippen LogP contribution is -2.51. The van der Waals surface area contributed by atoms with Crippen LogP contribution in [0, 0.1) is 46.6 Å². The molecule has 0 amide bonds. The van der Waals surface area contributed by atoms with Crippen LogP contribution in [0.3, 0.4) is 0 Å². The lowest BCUT2D eigenvalue weighted by atomic mass is 9.51. The minimum Gasteiger partial charge on any atom is -0.389 e. The number of benzene rings is 1. The van der Waals surface area contributed by atoms with Crippen molar-refractivity contribution >= 4 is 5.69 Å². The average Bonchev–Trinajstić information content (AvgIpc) is 3.63. The third kappa shape index (κ3) is 3.59. The monoisotopic (exact) mass is 493 g/mol. The van der Waals surface area contributed by atoms with E-state index in [1.165, 1.54) is 16.7 Å². The van der Waals surface area contributed by atoms with E-state index in [-0.39, 0.29) is 23.4 Å². The van der Waals surface area contributed by atoms with Gasteiger partial charge < -0.3 is 15.1 Å². The first kappa shape index (κ1) is 24.2. The van der Waals surface area contributed by atoms with Gasteiger partial charge in [-0.05, 0) is 92.4 Å². The summed E-state index contributed by atoms with van der Waals surface area (Å²) in [6.45, 7) is 2.15. The molecule has 0 spiro atoms. The molecular weight excluding hydrogens is 456 g/mol. The summed E-state index contributed by atoms with van der Waals surface area (Å²) >= 11 is 0. The van der Waals surface area contributed by atoms with Gasteiger partial charge in [-0.15, -0.1) is 0 Å². The normalized spacial score (nSPS) is 37.4. The van der Waals surface area contributed by atoms with E-state index in [9.17, 15) is 10.2 Å². The number of hydrogen-bond acceptors (Lipinski definition) is 3. The van der Waals surface area contributed by atoms with Gasteiger partial charge in [0.1, 0.15) is 5.60 Å². The Balaban J connectivity index is 1.52. The van der Waals surface area contributed by atoms with Gasteiger partial charge in [-0.1, -0.05) is 36.5 Å². The Hall–Kier alpha value is -2.16.